The molecule has 1 N–H and O–H groups in total. The highest BCUT2D eigenvalue weighted by Gasteiger charge is 2.41. The topological polar surface area (TPSA) is 77.1 Å². The lowest BCUT2D eigenvalue weighted by Gasteiger charge is -2.42. The molecule has 0 heterocycles. The average molecular weight is 583 g/mol. The minimum atomic E-state index is -3.80. The Morgan fingerprint density at radius 3 is 2.15 bits per heavy atom. The number of methoxy groups -OCH3 is 1. The molecule has 0 aliphatic rings. The van der Waals surface area contributed by atoms with Gasteiger partial charge in [-0.05, 0) is 72.9 Å². The lowest BCUT2D eigenvalue weighted by atomic mass is 10.0. The molecule has 39 heavy (non-hydrogen) atoms. The van der Waals surface area contributed by atoms with Gasteiger partial charge < -0.3 is 19.2 Å². The number of likely N-dealkylation sites (N-methyl/N-ethyl adjacent to an activating group) is 1. The molecule has 0 saturated heterocycles. The van der Waals surface area contributed by atoms with E-state index in [4.69, 9.17) is 13.9 Å². The van der Waals surface area contributed by atoms with Crippen molar-refractivity contribution in [3.8, 4) is 5.75 Å². The smallest absolute Gasteiger partial charge is 0.242 e. The fraction of sp³-hybridized carbons (Fsp3) is 0.586. The van der Waals surface area contributed by atoms with E-state index in [1.54, 1.807) is 14.2 Å². The molecular weight excluding hydrogens is 535 g/mol. The first-order chi connectivity index (χ1) is 18.1. The van der Waals surface area contributed by atoms with Gasteiger partial charge in [-0.3, -0.25) is 0 Å². The van der Waals surface area contributed by atoms with E-state index in [-0.39, 0.29) is 34.5 Å². The van der Waals surface area contributed by atoms with Gasteiger partial charge in [0.15, 0.2) is 8.32 Å². The summed E-state index contributed by atoms with van der Waals surface area (Å²) in [7, 11) is -2.80. The van der Waals surface area contributed by atoms with Crippen LogP contribution in [-0.4, -0.2) is 67.0 Å². The van der Waals surface area contributed by atoms with Crippen molar-refractivity contribution >= 4 is 18.3 Å². The van der Waals surface area contributed by atoms with Gasteiger partial charge in [0, 0.05) is 26.2 Å². The first-order valence-corrected chi connectivity index (χ1v) is 17.8. The van der Waals surface area contributed by atoms with Crippen LogP contribution in [-0.2, 0) is 25.8 Å². The average Bonchev–Trinajstić information content (AvgIpc) is 2.86. The molecule has 3 atom stereocenters. The third-order valence-electron chi connectivity index (χ3n) is 7.43. The molecule has 2 rings (SSSR count). The van der Waals surface area contributed by atoms with Crippen LogP contribution < -0.4 is 10.1 Å². The van der Waals surface area contributed by atoms with Crippen LogP contribution >= 0.6 is 0 Å². The fourth-order valence-corrected chi connectivity index (χ4v) is 6.28. The number of nitrogens with zero attached hydrogens (tertiary/aromatic N) is 1. The maximum Gasteiger partial charge on any atom is 0.242 e. The minimum absolute atomic E-state index is 0.0223. The zero-order valence-electron chi connectivity index (χ0n) is 25.0. The molecule has 0 spiro atoms. The Labute approximate surface area is 236 Å². The molecule has 2 aromatic rings. The SMILES string of the molecule is COc1ccc(COC[C@H](C)NC[C@@H](C)[C@@H](CN(C)S(=O)(=O)c2ccc(F)cc2)O[Si](C)(C)C(C)(C)C)cc1. The molecule has 2 aromatic carbocycles. The van der Waals surface area contributed by atoms with Crippen LogP contribution in [0, 0.1) is 11.7 Å². The summed E-state index contributed by atoms with van der Waals surface area (Å²) in [5, 5.41) is 3.49. The van der Waals surface area contributed by atoms with Gasteiger partial charge in [-0.15, -0.1) is 0 Å². The van der Waals surface area contributed by atoms with E-state index in [0.717, 1.165) is 23.4 Å². The van der Waals surface area contributed by atoms with Crippen molar-refractivity contribution in [1.29, 1.82) is 0 Å². The maximum absolute atomic E-state index is 13.4. The number of ether oxygens (including phenoxy) is 2. The first-order valence-electron chi connectivity index (χ1n) is 13.4. The summed E-state index contributed by atoms with van der Waals surface area (Å²) in [6.45, 7) is 16.9. The Morgan fingerprint density at radius 1 is 1.03 bits per heavy atom. The van der Waals surface area contributed by atoms with Crippen molar-refractivity contribution < 1.29 is 26.7 Å². The molecular formula is C29H47FN2O5SSi. The summed E-state index contributed by atoms with van der Waals surface area (Å²) in [6.07, 6.45) is -0.328. The lowest BCUT2D eigenvalue weighted by Crippen LogP contribution is -2.51. The number of hydrogen-bond acceptors (Lipinski definition) is 6. The van der Waals surface area contributed by atoms with Crippen LogP contribution in [0.1, 0.15) is 40.2 Å². The summed E-state index contributed by atoms with van der Waals surface area (Å²) >= 11 is 0. The molecule has 0 saturated carbocycles. The monoisotopic (exact) mass is 582 g/mol. The third-order valence-corrected chi connectivity index (χ3v) is 13.8. The predicted octanol–water partition coefficient (Wildman–Crippen LogP) is 5.68. The highest BCUT2D eigenvalue weighted by atomic mass is 32.2. The Hall–Kier alpha value is -1.82. The van der Waals surface area contributed by atoms with Crippen molar-refractivity contribution in [3.05, 3.63) is 59.9 Å². The number of halogens is 1. The highest BCUT2D eigenvalue weighted by molar-refractivity contribution is 7.89. The number of nitrogens with one attached hydrogen (secondary N) is 1. The van der Waals surface area contributed by atoms with Gasteiger partial charge in [0.2, 0.25) is 10.0 Å². The van der Waals surface area contributed by atoms with Crippen LogP contribution in [0.15, 0.2) is 53.4 Å². The molecule has 0 aliphatic carbocycles. The Morgan fingerprint density at radius 2 is 1.62 bits per heavy atom. The normalized spacial score (nSPS) is 15.3. The van der Waals surface area contributed by atoms with Gasteiger partial charge in [0.1, 0.15) is 11.6 Å². The third kappa shape index (κ3) is 9.95. The summed E-state index contributed by atoms with van der Waals surface area (Å²) in [4.78, 5) is 0.0610. The van der Waals surface area contributed by atoms with Crippen molar-refractivity contribution in [2.75, 3.05) is 33.9 Å². The molecule has 7 nitrogen and oxygen atoms in total. The molecule has 220 valence electrons. The zero-order chi connectivity index (χ0) is 29.4. The lowest BCUT2D eigenvalue weighted by molar-refractivity contribution is 0.0878. The molecule has 0 unspecified atom stereocenters. The molecule has 0 bridgehead atoms. The Bertz CT molecular complexity index is 1120. The molecule has 10 heteroatoms. The largest absolute Gasteiger partial charge is 0.497 e. The van der Waals surface area contributed by atoms with E-state index < -0.39 is 24.2 Å². The Balaban J connectivity index is 2.04. The van der Waals surface area contributed by atoms with E-state index >= 15 is 0 Å². The predicted molar refractivity (Wildman–Crippen MR) is 158 cm³/mol. The summed E-state index contributed by atoms with van der Waals surface area (Å²) in [5.74, 6) is 0.361. The van der Waals surface area contributed by atoms with Crippen molar-refractivity contribution in [3.63, 3.8) is 0 Å². The second-order valence-corrected chi connectivity index (χ2v) is 18.6. The van der Waals surface area contributed by atoms with Crippen molar-refractivity contribution in [1.82, 2.24) is 9.62 Å². The summed E-state index contributed by atoms with van der Waals surface area (Å²) < 4.78 is 59.0. The van der Waals surface area contributed by atoms with Gasteiger partial charge in [0.25, 0.3) is 0 Å². The van der Waals surface area contributed by atoms with E-state index in [9.17, 15) is 12.8 Å². The first kappa shape index (κ1) is 33.4. The number of benzene rings is 2. The fourth-order valence-electron chi connectivity index (χ4n) is 3.68. The Kier molecular flexibility index (Phi) is 12.1. The van der Waals surface area contributed by atoms with Crippen LogP contribution in [0.2, 0.25) is 18.1 Å². The van der Waals surface area contributed by atoms with Crippen molar-refractivity contribution in [2.24, 2.45) is 5.92 Å². The van der Waals surface area contributed by atoms with Crippen molar-refractivity contribution in [2.45, 2.75) is 76.4 Å². The number of sulfonamides is 1. The van der Waals surface area contributed by atoms with Crippen LogP contribution in [0.4, 0.5) is 4.39 Å². The second-order valence-electron chi connectivity index (χ2n) is 11.8. The highest BCUT2D eigenvalue weighted by Crippen LogP contribution is 2.38. The molecule has 0 aromatic heterocycles. The van der Waals surface area contributed by atoms with E-state index in [2.05, 4.69) is 53.0 Å². The van der Waals surface area contributed by atoms with E-state index in [1.165, 1.54) is 16.4 Å². The van der Waals surface area contributed by atoms with Crippen LogP contribution in [0.3, 0.4) is 0 Å². The van der Waals surface area contributed by atoms with Gasteiger partial charge in [0.05, 0.1) is 31.3 Å². The number of hydrogen-bond donors (Lipinski definition) is 1. The summed E-state index contributed by atoms with van der Waals surface area (Å²) in [5.41, 5.74) is 1.07. The zero-order valence-corrected chi connectivity index (χ0v) is 26.8. The second kappa shape index (κ2) is 14.2. The van der Waals surface area contributed by atoms with E-state index in [0.29, 0.717) is 19.8 Å². The molecule has 0 radical (unpaired) electrons. The van der Waals surface area contributed by atoms with E-state index in [1.807, 2.05) is 24.3 Å². The molecule has 0 aliphatic heterocycles. The van der Waals surface area contributed by atoms with Gasteiger partial charge in [-0.1, -0.05) is 39.8 Å². The number of rotatable bonds is 15. The van der Waals surface area contributed by atoms with Gasteiger partial charge in [-0.25, -0.2) is 12.8 Å². The van der Waals surface area contributed by atoms with Crippen LogP contribution in [0.5, 0.6) is 5.75 Å². The molecule has 0 fully saturated rings. The summed E-state index contributed by atoms with van der Waals surface area (Å²) in [6, 6.07) is 12.8. The van der Waals surface area contributed by atoms with Gasteiger partial charge >= 0.3 is 0 Å². The standard InChI is InChI=1S/C29H47FN2O5SSi/c1-22(18-31-23(2)20-36-21-24-10-14-26(35-7)15-11-24)28(37-39(8,9)29(3,4)5)19-32(6)38(33,34)27-16-12-25(30)13-17-27/h10-17,22-23,28,31H,18-21H2,1-9H3/t22-,23+,28-/m1/s1. The minimum Gasteiger partial charge on any atom is -0.497 e. The van der Waals surface area contributed by atoms with Crippen LogP contribution in [0.25, 0.3) is 0 Å². The quantitative estimate of drug-likeness (QED) is 0.273. The van der Waals surface area contributed by atoms with Gasteiger partial charge in [-0.2, -0.15) is 4.31 Å². The maximum atomic E-state index is 13.4. The molecule has 0 amide bonds.